The van der Waals surface area contributed by atoms with Gasteiger partial charge in [-0.15, -0.1) is 11.6 Å². The van der Waals surface area contributed by atoms with Crippen LogP contribution in [0.3, 0.4) is 0 Å². The van der Waals surface area contributed by atoms with Crippen LogP contribution in [0.5, 0.6) is 5.75 Å². The first-order chi connectivity index (χ1) is 9.56. The molecule has 0 saturated heterocycles. The zero-order valence-corrected chi connectivity index (χ0v) is 15.2. The fourth-order valence-electron chi connectivity index (χ4n) is 1.77. The van der Waals surface area contributed by atoms with E-state index < -0.39 is 17.3 Å². The number of carbonyl (C=O) groups excluding carboxylic acids is 1. The standard InChI is InChI=1S/C15H19ClO4.Na.H/c1-2-3-4-5-9-12(16)15(19)20-13-10-7-6-8-11(13)14(17)18;;/h6-8,10,12H,2-5,9H2,1H3,(H,17,18);;/q;+1;-1. The molecule has 1 atom stereocenters. The van der Waals surface area contributed by atoms with Crippen molar-refractivity contribution in [2.75, 3.05) is 0 Å². The summed E-state index contributed by atoms with van der Waals surface area (Å²) in [5.41, 5.74) is -0.0456. The molecule has 0 saturated carbocycles. The molecule has 21 heavy (non-hydrogen) atoms. The van der Waals surface area contributed by atoms with Gasteiger partial charge in [0.15, 0.2) is 0 Å². The third kappa shape index (κ3) is 7.32. The van der Waals surface area contributed by atoms with Gasteiger partial charge in [-0.1, -0.05) is 44.7 Å². The number of ether oxygens (including phenoxy) is 1. The number of hydrogen-bond acceptors (Lipinski definition) is 3. The molecule has 1 aromatic rings. The van der Waals surface area contributed by atoms with Gasteiger partial charge in [0.1, 0.15) is 16.7 Å². The van der Waals surface area contributed by atoms with E-state index in [4.69, 9.17) is 21.4 Å². The summed E-state index contributed by atoms with van der Waals surface area (Å²) in [5, 5.41) is 8.25. The van der Waals surface area contributed by atoms with Crippen molar-refractivity contribution >= 4 is 23.5 Å². The molecule has 1 rings (SSSR count). The molecule has 1 unspecified atom stereocenters. The van der Waals surface area contributed by atoms with Crippen LogP contribution in [0.15, 0.2) is 24.3 Å². The number of esters is 1. The number of para-hydroxylation sites is 1. The van der Waals surface area contributed by atoms with Crippen LogP contribution in [-0.4, -0.2) is 22.4 Å². The topological polar surface area (TPSA) is 63.6 Å². The molecule has 1 aromatic carbocycles. The van der Waals surface area contributed by atoms with Gasteiger partial charge in [-0.25, -0.2) is 4.79 Å². The van der Waals surface area contributed by atoms with Crippen molar-refractivity contribution in [2.24, 2.45) is 0 Å². The zero-order valence-electron chi connectivity index (χ0n) is 13.5. The quantitative estimate of drug-likeness (QED) is 0.255. The molecule has 0 aromatic heterocycles. The number of aromatic carboxylic acids is 1. The number of carboxylic acid groups (broad SMARTS) is 1. The fraction of sp³-hybridized carbons (Fsp3) is 0.467. The molecule has 0 spiro atoms. The van der Waals surface area contributed by atoms with E-state index in [2.05, 4.69) is 6.92 Å². The fourth-order valence-corrected chi connectivity index (χ4v) is 1.97. The van der Waals surface area contributed by atoms with Crippen LogP contribution in [-0.2, 0) is 4.79 Å². The Morgan fingerprint density at radius 2 is 1.95 bits per heavy atom. The van der Waals surface area contributed by atoms with Crippen molar-refractivity contribution in [2.45, 2.75) is 44.4 Å². The number of alkyl halides is 1. The maximum atomic E-state index is 11.8. The maximum absolute atomic E-state index is 11.8. The van der Waals surface area contributed by atoms with Gasteiger partial charge in [0.2, 0.25) is 0 Å². The van der Waals surface area contributed by atoms with Crippen molar-refractivity contribution in [1.29, 1.82) is 0 Å². The van der Waals surface area contributed by atoms with Crippen molar-refractivity contribution in [1.82, 2.24) is 0 Å². The number of unbranched alkanes of at least 4 members (excludes halogenated alkanes) is 3. The number of hydrogen-bond donors (Lipinski definition) is 1. The van der Waals surface area contributed by atoms with Crippen LogP contribution in [0.4, 0.5) is 0 Å². The van der Waals surface area contributed by atoms with Crippen LogP contribution in [0.1, 0.15) is 50.8 Å². The maximum Gasteiger partial charge on any atom is 1.00 e. The predicted octanol–water partition coefficient (Wildman–Crippen LogP) is 0.984. The Kier molecular flexibility index (Phi) is 10.8. The first-order valence-electron chi connectivity index (χ1n) is 6.74. The van der Waals surface area contributed by atoms with Gasteiger partial charge in [-0.3, -0.25) is 4.79 Å². The van der Waals surface area contributed by atoms with Crippen LogP contribution >= 0.6 is 11.6 Å². The van der Waals surface area contributed by atoms with Crippen molar-refractivity contribution in [3.05, 3.63) is 29.8 Å². The molecule has 0 fully saturated rings. The molecule has 0 bridgehead atoms. The molecular weight excluding hydrogens is 303 g/mol. The van der Waals surface area contributed by atoms with E-state index in [9.17, 15) is 9.59 Å². The summed E-state index contributed by atoms with van der Waals surface area (Å²) in [6.07, 6.45) is 4.65. The van der Waals surface area contributed by atoms with Gasteiger partial charge >= 0.3 is 41.5 Å². The largest absolute Gasteiger partial charge is 1.00 e. The molecule has 0 heterocycles. The molecule has 1 N–H and O–H groups in total. The molecule has 4 nitrogen and oxygen atoms in total. The number of carboxylic acids is 1. The van der Waals surface area contributed by atoms with Gasteiger partial charge in [0.05, 0.1) is 0 Å². The summed E-state index contributed by atoms with van der Waals surface area (Å²) in [6, 6.07) is 6.01. The van der Waals surface area contributed by atoms with Crippen LogP contribution in [0.2, 0.25) is 0 Å². The molecule has 0 aliphatic rings. The number of rotatable bonds is 8. The molecule has 0 amide bonds. The minimum Gasteiger partial charge on any atom is -1.00 e. The Balaban J connectivity index is 0. The second-order valence-electron chi connectivity index (χ2n) is 4.54. The zero-order chi connectivity index (χ0) is 15.0. The molecule has 0 radical (unpaired) electrons. The van der Waals surface area contributed by atoms with E-state index in [1.165, 1.54) is 12.1 Å². The van der Waals surface area contributed by atoms with E-state index in [0.29, 0.717) is 6.42 Å². The number of carbonyl (C=O) groups is 2. The van der Waals surface area contributed by atoms with Crippen LogP contribution in [0, 0.1) is 0 Å². The molecule has 112 valence electrons. The average molecular weight is 323 g/mol. The smallest absolute Gasteiger partial charge is 1.00 e. The van der Waals surface area contributed by atoms with E-state index in [1.54, 1.807) is 12.1 Å². The van der Waals surface area contributed by atoms with Crippen molar-refractivity contribution in [3.63, 3.8) is 0 Å². The third-order valence-electron chi connectivity index (χ3n) is 2.89. The minimum absolute atomic E-state index is 0. The predicted molar refractivity (Wildman–Crippen MR) is 78.5 cm³/mol. The van der Waals surface area contributed by atoms with Gasteiger partial charge in [-0.05, 0) is 18.6 Å². The molecular formula is C15H20ClNaO4. The summed E-state index contributed by atoms with van der Waals surface area (Å²) in [5.74, 6) is -1.71. The molecule has 6 heteroatoms. The SMILES string of the molecule is CCCCCCC(Cl)C(=O)Oc1ccccc1C(=O)O.[H-].[Na+]. The third-order valence-corrected chi connectivity index (χ3v) is 3.29. The van der Waals surface area contributed by atoms with Gasteiger partial charge in [0, 0.05) is 0 Å². The van der Waals surface area contributed by atoms with E-state index in [1.807, 2.05) is 0 Å². The first-order valence-corrected chi connectivity index (χ1v) is 7.18. The van der Waals surface area contributed by atoms with Crippen molar-refractivity contribution in [3.8, 4) is 5.75 Å². The second-order valence-corrected chi connectivity index (χ2v) is 5.07. The Hall–Kier alpha value is -0.550. The summed E-state index contributed by atoms with van der Waals surface area (Å²) >= 11 is 5.97. The van der Waals surface area contributed by atoms with E-state index in [-0.39, 0.29) is 42.3 Å². The van der Waals surface area contributed by atoms with Crippen LogP contribution in [0.25, 0.3) is 0 Å². The first kappa shape index (κ1) is 20.5. The van der Waals surface area contributed by atoms with Crippen molar-refractivity contribution < 1.29 is 50.4 Å². The Bertz CT molecular complexity index is 471. The Labute approximate surface area is 153 Å². The van der Waals surface area contributed by atoms with Gasteiger partial charge < -0.3 is 11.3 Å². The number of benzene rings is 1. The van der Waals surface area contributed by atoms with Crippen LogP contribution < -0.4 is 34.3 Å². The normalized spacial score (nSPS) is 11.3. The van der Waals surface area contributed by atoms with E-state index >= 15 is 0 Å². The van der Waals surface area contributed by atoms with E-state index in [0.717, 1.165) is 25.7 Å². The summed E-state index contributed by atoms with van der Waals surface area (Å²) in [4.78, 5) is 22.8. The monoisotopic (exact) mass is 322 g/mol. The summed E-state index contributed by atoms with van der Waals surface area (Å²) in [6.45, 7) is 2.11. The second kappa shape index (κ2) is 11.1. The van der Waals surface area contributed by atoms with Gasteiger partial charge in [-0.2, -0.15) is 0 Å². The summed E-state index contributed by atoms with van der Waals surface area (Å²) < 4.78 is 5.07. The minimum atomic E-state index is -1.14. The Morgan fingerprint density at radius 3 is 2.57 bits per heavy atom. The number of halogens is 1. The average Bonchev–Trinajstić information content (AvgIpc) is 2.43. The summed E-state index contributed by atoms with van der Waals surface area (Å²) in [7, 11) is 0. The van der Waals surface area contributed by atoms with Gasteiger partial charge in [0.25, 0.3) is 0 Å². The molecule has 0 aliphatic carbocycles. The molecule has 0 aliphatic heterocycles. The Morgan fingerprint density at radius 1 is 1.29 bits per heavy atom.